The molecule has 2 aromatic carbocycles. The van der Waals surface area contributed by atoms with Gasteiger partial charge < -0.3 is 10.2 Å². The third kappa shape index (κ3) is 6.52. The summed E-state index contributed by atoms with van der Waals surface area (Å²) >= 11 is 1.35. The number of likely N-dealkylation sites (tertiary alicyclic amines) is 1. The fourth-order valence-electron chi connectivity index (χ4n) is 4.47. The van der Waals surface area contributed by atoms with E-state index in [-0.39, 0.29) is 11.8 Å². The van der Waals surface area contributed by atoms with Crippen molar-refractivity contribution in [3.8, 4) is 0 Å². The number of carbonyl (C=O) groups is 2. The summed E-state index contributed by atoms with van der Waals surface area (Å²) < 4.78 is 0. The maximum Gasteiger partial charge on any atom is 0.286 e. The van der Waals surface area contributed by atoms with E-state index in [0.717, 1.165) is 61.6 Å². The second-order valence-corrected chi connectivity index (χ2v) is 9.93. The van der Waals surface area contributed by atoms with Gasteiger partial charge in [-0.05, 0) is 62.1 Å². The van der Waals surface area contributed by atoms with Crippen molar-refractivity contribution in [3.05, 3.63) is 75.7 Å². The number of benzene rings is 2. The predicted molar refractivity (Wildman–Crippen MR) is 140 cm³/mol. The highest BCUT2D eigenvalue weighted by atomic mass is 32.1. The SMILES string of the molecule is CCCN(Cc1nnc(C(=O)Nc2ccc(CC)cc2)s1)C1CCN(C(=O)c2ccccc2)CC1. The Bertz CT molecular complexity index is 1110. The highest BCUT2D eigenvalue weighted by molar-refractivity contribution is 7.13. The standard InChI is InChI=1S/C27H33N5O2S/c1-3-16-32(23-14-17-31(18-15-23)27(34)21-8-6-5-7-9-21)19-24-29-30-26(35-24)25(33)28-22-12-10-20(4-2)11-13-22/h5-13,23H,3-4,14-19H2,1-2H3,(H,28,33). The summed E-state index contributed by atoms with van der Waals surface area (Å²) in [5.41, 5.74) is 2.73. The molecule has 2 amide bonds. The Hall–Kier alpha value is -3.10. The molecule has 1 aromatic heterocycles. The van der Waals surface area contributed by atoms with Crippen LogP contribution in [0.1, 0.15) is 63.8 Å². The molecular weight excluding hydrogens is 458 g/mol. The molecule has 1 saturated heterocycles. The first-order chi connectivity index (χ1) is 17.1. The van der Waals surface area contributed by atoms with Gasteiger partial charge >= 0.3 is 0 Å². The molecule has 0 atom stereocenters. The van der Waals surface area contributed by atoms with E-state index < -0.39 is 0 Å². The summed E-state index contributed by atoms with van der Waals surface area (Å²) in [6, 6.07) is 17.7. The summed E-state index contributed by atoms with van der Waals surface area (Å²) in [6.45, 7) is 7.39. The van der Waals surface area contributed by atoms with Crippen molar-refractivity contribution in [2.24, 2.45) is 0 Å². The predicted octanol–water partition coefficient (Wildman–Crippen LogP) is 4.87. The lowest BCUT2D eigenvalue weighted by atomic mass is 10.0. The molecule has 0 unspecified atom stereocenters. The molecule has 1 fully saturated rings. The topological polar surface area (TPSA) is 78.4 Å². The number of hydrogen-bond acceptors (Lipinski definition) is 6. The molecule has 4 rings (SSSR count). The number of rotatable bonds is 9. The third-order valence-corrected chi connectivity index (χ3v) is 7.33. The van der Waals surface area contributed by atoms with Crippen molar-refractivity contribution in [1.82, 2.24) is 20.0 Å². The van der Waals surface area contributed by atoms with Crippen LogP contribution in [0.25, 0.3) is 0 Å². The summed E-state index contributed by atoms with van der Waals surface area (Å²) in [4.78, 5) is 29.8. The van der Waals surface area contributed by atoms with Crippen molar-refractivity contribution in [2.75, 3.05) is 25.0 Å². The van der Waals surface area contributed by atoms with Gasteiger partial charge in [-0.2, -0.15) is 0 Å². The van der Waals surface area contributed by atoms with Crippen LogP contribution in [0.2, 0.25) is 0 Å². The Morgan fingerprint density at radius 2 is 1.74 bits per heavy atom. The van der Waals surface area contributed by atoms with E-state index in [9.17, 15) is 9.59 Å². The molecule has 7 nitrogen and oxygen atoms in total. The second kappa shape index (κ2) is 12.0. The van der Waals surface area contributed by atoms with Crippen LogP contribution in [0.5, 0.6) is 0 Å². The maximum atomic E-state index is 12.8. The van der Waals surface area contributed by atoms with Crippen LogP contribution in [0.15, 0.2) is 54.6 Å². The fourth-order valence-corrected chi connectivity index (χ4v) is 5.23. The van der Waals surface area contributed by atoms with Crippen LogP contribution in [0.3, 0.4) is 0 Å². The quantitative estimate of drug-likeness (QED) is 0.462. The number of hydrogen-bond donors (Lipinski definition) is 1. The molecule has 0 saturated carbocycles. The van der Waals surface area contributed by atoms with E-state index in [0.29, 0.717) is 17.6 Å². The number of anilines is 1. The first kappa shape index (κ1) is 25.0. The zero-order valence-electron chi connectivity index (χ0n) is 20.4. The number of piperidine rings is 1. The zero-order chi connectivity index (χ0) is 24.6. The summed E-state index contributed by atoms with van der Waals surface area (Å²) in [5, 5.41) is 12.6. The van der Waals surface area contributed by atoms with Crippen molar-refractivity contribution >= 4 is 28.8 Å². The highest BCUT2D eigenvalue weighted by Gasteiger charge is 2.28. The van der Waals surface area contributed by atoms with Gasteiger partial charge in [0, 0.05) is 30.4 Å². The first-order valence-corrected chi connectivity index (χ1v) is 13.2. The molecule has 184 valence electrons. The van der Waals surface area contributed by atoms with Gasteiger partial charge in [0.05, 0.1) is 6.54 Å². The van der Waals surface area contributed by atoms with Gasteiger partial charge in [-0.15, -0.1) is 10.2 Å². The minimum absolute atomic E-state index is 0.107. The van der Waals surface area contributed by atoms with Gasteiger partial charge in [-0.1, -0.05) is 55.5 Å². The van der Waals surface area contributed by atoms with Crippen molar-refractivity contribution in [2.45, 2.75) is 52.1 Å². The molecule has 0 radical (unpaired) electrons. The minimum Gasteiger partial charge on any atom is -0.339 e. The molecule has 3 aromatic rings. The summed E-state index contributed by atoms with van der Waals surface area (Å²) in [6.07, 6.45) is 3.85. The summed E-state index contributed by atoms with van der Waals surface area (Å²) in [5.74, 6) is -0.122. The summed E-state index contributed by atoms with van der Waals surface area (Å²) in [7, 11) is 0. The second-order valence-electron chi connectivity index (χ2n) is 8.87. The molecule has 35 heavy (non-hydrogen) atoms. The van der Waals surface area contributed by atoms with Gasteiger partial charge in [0.2, 0.25) is 5.01 Å². The van der Waals surface area contributed by atoms with Gasteiger partial charge in [0.25, 0.3) is 11.8 Å². The Balaban J connectivity index is 1.33. The molecule has 1 N–H and O–H groups in total. The maximum absolute atomic E-state index is 12.8. The van der Waals surface area contributed by atoms with Crippen molar-refractivity contribution < 1.29 is 9.59 Å². The number of amides is 2. The molecule has 8 heteroatoms. The van der Waals surface area contributed by atoms with Crippen molar-refractivity contribution in [1.29, 1.82) is 0 Å². The van der Waals surface area contributed by atoms with E-state index >= 15 is 0 Å². The Kier molecular flexibility index (Phi) is 8.60. The fraction of sp³-hybridized carbons (Fsp3) is 0.407. The molecule has 2 heterocycles. The normalized spacial score (nSPS) is 14.3. The monoisotopic (exact) mass is 491 g/mol. The molecule has 0 bridgehead atoms. The lowest BCUT2D eigenvalue weighted by molar-refractivity contribution is 0.0607. The lowest BCUT2D eigenvalue weighted by Crippen LogP contribution is -2.46. The zero-order valence-corrected chi connectivity index (χ0v) is 21.3. The molecule has 0 aliphatic carbocycles. The van der Waals surface area contributed by atoms with Crippen LogP contribution in [-0.4, -0.2) is 57.5 Å². The third-order valence-electron chi connectivity index (χ3n) is 6.42. The van der Waals surface area contributed by atoms with E-state index in [4.69, 9.17) is 0 Å². The Morgan fingerprint density at radius 3 is 2.40 bits per heavy atom. The van der Waals surface area contributed by atoms with E-state index in [1.54, 1.807) is 0 Å². The Morgan fingerprint density at radius 1 is 1.03 bits per heavy atom. The molecular formula is C27H33N5O2S. The van der Waals surface area contributed by atoms with E-state index in [1.165, 1.54) is 16.9 Å². The van der Waals surface area contributed by atoms with E-state index in [1.807, 2.05) is 59.5 Å². The van der Waals surface area contributed by atoms with E-state index in [2.05, 4.69) is 34.3 Å². The van der Waals surface area contributed by atoms with Crippen LogP contribution >= 0.6 is 11.3 Å². The van der Waals surface area contributed by atoms with Crippen LogP contribution < -0.4 is 5.32 Å². The lowest BCUT2D eigenvalue weighted by Gasteiger charge is -2.38. The number of carbonyl (C=O) groups excluding carboxylic acids is 2. The Labute approximate surface area is 211 Å². The van der Waals surface area contributed by atoms with Gasteiger partial charge in [-0.25, -0.2) is 0 Å². The highest BCUT2D eigenvalue weighted by Crippen LogP contribution is 2.23. The molecule has 0 spiro atoms. The number of aromatic nitrogens is 2. The van der Waals surface area contributed by atoms with Gasteiger partial charge in [0.15, 0.2) is 0 Å². The molecule has 1 aliphatic rings. The average molecular weight is 492 g/mol. The van der Waals surface area contributed by atoms with Crippen LogP contribution in [-0.2, 0) is 13.0 Å². The van der Waals surface area contributed by atoms with Crippen LogP contribution in [0, 0.1) is 0 Å². The minimum atomic E-state index is -0.229. The number of nitrogens with one attached hydrogen (secondary N) is 1. The van der Waals surface area contributed by atoms with Gasteiger partial charge in [-0.3, -0.25) is 14.5 Å². The van der Waals surface area contributed by atoms with Crippen molar-refractivity contribution in [3.63, 3.8) is 0 Å². The largest absolute Gasteiger partial charge is 0.339 e. The number of nitrogens with zero attached hydrogens (tertiary/aromatic N) is 4. The van der Waals surface area contributed by atoms with Gasteiger partial charge in [0.1, 0.15) is 5.01 Å². The first-order valence-electron chi connectivity index (χ1n) is 12.4. The molecule has 1 aliphatic heterocycles. The average Bonchev–Trinajstić information content (AvgIpc) is 3.38. The number of aryl methyl sites for hydroxylation is 1. The van der Waals surface area contributed by atoms with Crippen LogP contribution in [0.4, 0.5) is 5.69 Å². The smallest absolute Gasteiger partial charge is 0.286 e.